The average Bonchev–Trinajstić information content (AvgIpc) is 3.92. The molecule has 0 spiro atoms. The topological polar surface area (TPSA) is 155 Å². The summed E-state index contributed by atoms with van der Waals surface area (Å²) in [4.78, 5) is 77.4. The Balaban J connectivity index is 1.28. The first-order valence-corrected chi connectivity index (χ1v) is 23.3. The number of aryl methyl sites for hydroxylation is 1. The first-order chi connectivity index (χ1) is 31.5. The maximum Gasteiger partial charge on any atom is 0.324 e. The number of likely N-dealkylation sites (tertiary alicyclic amines) is 1. The van der Waals surface area contributed by atoms with E-state index in [9.17, 15) is 24.0 Å². The molecule has 3 aliphatic rings. The van der Waals surface area contributed by atoms with Gasteiger partial charge < -0.3 is 29.2 Å². The van der Waals surface area contributed by atoms with Gasteiger partial charge in [-0.05, 0) is 105 Å². The van der Waals surface area contributed by atoms with Crippen LogP contribution in [0.2, 0.25) is 0 Å². The number of carbonyl (C=O) groups is 5. The smallest absolute Gasteiger partial charge is 0.324 e. The highest BCUT2D eigenvalue weighted by Crippen LogP contribution is 2.42. The van der Waals surface area contributed by atoms with Crippen LogP contribution in [-0.4, -0.2) is 112 Å². The highest BCUT2D eigenvalue weighted by atomic mass is 16.5. The molecule has 66 heavy (non-hydrogen) atoms. The fourth-order valence-electron chi connectivity index (χ4n) is 9.93. The van der Waals surface area contributed by atoms with Crippen molar-refractivity contribution in [1.82, 2.24) is 35.1 Å². The van der Waals surface area contributed by atoms with Gasteiger partial charge in [0.1, 0.15) is 18.1 Å². The van der Waals surface area contributed by atoms with Crippen LogP contribution in [0.1, 0.15) is 90.7 Å². The molecule has 7 rings (SSSR count). The molecule has 4 aromatic rings. The van der Waals surface area contributed by atoms with Crippen LogP contribution in [0.4, 0.5) is 0 Å². The van der Waals surface area contributed by atoms with Crippen LogP contribution in [0.15, 0.2) is 60.8 Å². The van der Waals surface area contributed by atoms with Crippen molar-refractivity contribution in [3.8, 4) is 34.2 Å². The summed E-state index contributed by atoms with van der Waals surface area (Å²) in [7, 11) is 3.30. The van der Waals surface area contributed by atoms with E-state index in [-0.39, 0.29) is 43.4 Å². The standard InChI is InChI=1S/C52H65N7O7/c1-10-15-44(60)57-25-22-37(30-57)49(62)56(8)46(32(3)4)48(61)54-42-27-34-16-12-17-35(26-34)36-20-21-43-39(28-36)40(47(58(43)11-2)38-18-13-23-53-45(38)33(5)65-9)29-52(6,7)31-66-51(64)41-19-14-24-59(55-41)50(42)63/h12-13,16-18,20-21,23,26,28,32-33,37,41-42,46,55H,11,14,19,22,24-25,27,29-31H2,1-9H3,(H,54,61)/t33-,37+,41-,42-,46?/m0/s1. The van der Waals surface area contributed by atoms with Gasteiger partial charge in [-0.1, -0.05) is 63.9 Å². The maximum absolute atomic E-state index is 14.7. The zero-order valence-corrected chi connectivity index (χ0v) is 39.9. The molecular formula is C52H65N7O7. The van der Waals surface area contributed by atoms with E-state index >= 15 is 0 Å². The van der Waals surface area contributed by atoms with Crippen LogP contribution in [0.3, 0.4) is 0 Å². The molecule has 14 heteroatoms. The Morgan fingerprint density at radius 2 is 1.82 bits per heavy atom. The Bertz CT molecular complexity index is 2550. The van der Waals surface area contributed by atoms with Gasteiger partial charge in [0.05, 0.1) is 30.0 Å². The van der Waals surface area contributed by atoms with Gasteiger partial charge in [0.2, 0.25) is 11.8 Å². The lowest BCUT2D eigenvalue weighted by Crippen LogP contribution is -2.62. The first-order valence-electron chi connectivity index (χ1n) is 23.3. The van der Waals surface area contributed by atoms with E-state index in [1.807, 2.05) is 39.0 Å². The summed E-state index contributed by atoms with van der Waals surface area (Å²) >= 11 is 0. The number of hydrogen-bond acceptors (Lipinski definition) is 9. The molecule has 0 saturated carbocycles. The number of likely N-dealkylation sites (N-methyl/N-ethyl adjacent to an activating group) is 1. The molecule has 0 aliphatic carbocycles. The van der Waals surface area contributed by atoms with Crippen molar-refractivity contribution >= 4 is 40.5 Å². The van der Waals surface area contributed by atoms with Crippen LogP contribution in [0.25, 0.3) is 33.3 Å². The molecular weight excluding hydrogens is 835 g/mol. The van der Waals surface area contributed by atoms with Crippen molar-refractivity contribution in [1.29, 1.82) is 0 Å². The Morgan fingerprint density at radius 1 is 1.05 bits per heavy atom. The first kappa shape index (κ1) is 47.9. The molecule has 2 saturated heterocycles. The van der Waals surface area contributed by atoms with Crippen molar-refractivity contribution in [3.63, 3.8) is 0 Å². The van der Waals surface area contributed by atoms with Gasteiger partial charge in [0.15, 0.2) is 0 Å². The Labute approximate surface area is 388 Å². The molecule has 1 unspecified atom stereocenters. The van der Waals surface area contributed by atoms with E-state index in [1.54, 1.807) is 32.2 Å². The number of cyclic esters (lactones) is 1. The predicted molar refractivity (Wildman–Crippen MR) is 253 cm³/mol. The number of methoxy groups -OCH3 is 1. The minimum Gasteiger partial charge on any atom is -0.464 e. The van der Waals surface area contributed by atoms with E-state index in [0.29, 0.717) is 45.3 Å². The Morgan fingerprint density at radius 3 is 2.55 bits per heavy atom. The average molecular weight is 900 g/mol. The number of pyridine rings is 1. The second-order valence-electron chi connectivity index (χ2n) is 19.1. The van der Waals surface area contributed by atoms with Crippen molar-refractivity contribution < 1.29 is 33.4 Å². The van der Waals surface area contributed by atoms with Crippen LogP contribution < -0.4 is 10.7 Å². The van der Waals surface area contributed by atoms with E-state index < -0.39 is 47.2 Å². The maximum atomic E-state index is 14.7. The highest BCUT2D eigenvalue weighted by Gasteiger charge is 2.40. The molecule has 6 bridgehead atoms. The van der Waals surface area contributed by atoms with Crippen LogP contribution in [0, 0.1) is 29.1 Å². The normalized spacial score (nSPS) is 20.8. The summed E-state index contributed by atoms with van der Waals surface area (Å²) in [6.45, 7) is 15.5. The van der Waals surface area contributed by atoms with Crippen LogP contribution in [-0.2, 0) is 52.8 Å². The molecule has 2 fully saturated rings. The van der Waals surface area contributed by atoms with E-state index in [2.05, 4.69) is 84.3 Å². The van der Waals surface area contributed by atoms with Gasteiger partial charge in [-0.25, -0.2) is 5.43 Å². The third-order valence-electron chi connectivity index (χ3n) is 13.4. The van der Waals surface area contributed by atoms with Gasteiger partial charge in [-0.2, -0.15) is 0 Å². The second kappa shape index (κ2) is 20.2. The number of hydrogen-bond donors (Lipinski definition) is 2. The minimum atomic E-state index is -1.05. The lowest BCUT2D eigenvalue weighted by molar-refractivity contribution is -0.155. The van der Waals surface area contributed by atoms with E-state index in [0.717, 1.165) is 50.1 Å². The number of benzene rings is 2. The SMILES string of the molecule is CC#CC(=O)N1CC[C@@H](C(=O)N(C)C(C(=O)N[C@H]2Cc3cccc(c3)-c3ccc4c(c3)c(c(-c3cccnc3[C@H](C)OC)n4CC)CC(C)(C)COC(=O)[C@@H]3CCCN(N3)C2=O)C(C)C)C1. The van der Waals surface area contributed by atoms with E-state index in [4.69, 9.17) is 14.5 Å². The third kappa shape index (κ3) is 10.0. The summed E-state index contributed by atoms with van der Waals surface area (Å²) in [5, 5.41) is 5.57. The Hall–Kier alpha value is -6.04. The number of esters is 1. The number of hydrazine groups is 1. The van der Waals surface area contributed by atoms with Gasteiger partial charge in [0.25, 0.3) is 11.8 Å². The molecule has 3 aliphatic heterocycles. The zero-order valence-electron chi connectivity index (χ0n) is 39.9. The van der Waals surface area contributed by atoms with Gasteiger partial charge in [-0.15, -0.1) is 0 Å². The molecule has 0 radical (unpaired) electrons. The van der Waals surface area contributed by atoms with E-state index in [1.165, 1.54) is 9.91 Å². The number of nitrogens with zero attached hydrogens (tertiary/aromatic N) is 5. The lowest BCUT2D eigenvalue weighted by Gasteiger charge is -2.37. The molecule has 2 aromatic heterocycles. The summed E-state index contributed by atoms with van der Waals surface area (Å²) in [6.07, 6.45) is 3.75. The lowest BCUT2D eigenvalue weighted by atomic mass is 9.84. The largest absolute Gasteiger partial charge is 0.464 e. The van der Waals surface area contributed by atoms with Crippen molar-refractivity contribution in [2.24, 2.45) is 17.3 Å². The molecule has 4 amide bonds. The number of ether oxygens (including phenoxy) is 2. The third-order valence-corrected chi connectivity index (χ3v) is 13.4. The fourth-order valence-corrected chi connectivity index (χ4v) is 9.93. The summed E-state index contributed by atoms with van der Waals surface area (Å²) in [5.74, 6) is 2.49. The Kier molecular flexibility index (Phi) is 14.7. The molecule has 350 valence electrons. The number of carbonyl (C=O) groups excluding carboxylic acids is 5. The molecule has 2 aromatic carbocycles. The van der Waals surface area contributed by atoms with Crippen molar-refractivity contribution in [3.05, 3.63) is 77.6 Å². The number of amides is 4. The minimum absolute atomic E-state index is 0.135. The number of nitrogens with one attached hydrogen (secondary N) is 2. The van der Waals surface area contributed by atoms with Gasteiger partial charge >= 0.3 is 5.97 Å². The summed E-state index contributed by atoms with van der Waals surface area (Å²) in [5.41, 5.74) is 10.5. The quantitative estimate of drug-likeness (QED) is 0.150. The molecule has 14 nitrogen and oxygen atoms in total. The van der Waals surface area contributed by atoms with Gasteiger partial charge in [-0.3, -0.25) is 34.0 Å². The number of aromatic nitrogens is 2. The van der Waals surface area contributed by atoms with Crippen molar-refractivity contribution in [2.45, 2.75) is 111 Å². The molecule has 2 N–H and O–H groups in total. The summed E-state index contributed by atoms with van der Waals surface area (Å²) in [6, 6.07) is 15.8. The molecule has 5 atom stereocenters. The molecule has 5 heterocycles. The number of rotatable bonds is 9. The monoisotopic (exact) mass is 899 g/mol. The fraction of sp³-hybridized carbons (Fsp3) is 0.500. The second-order valence-corrected chi connectivity index (χ2v) is 19.1. The summed E-state index contributed by atoms with van der Waals surface area (Å²) < 4.78 is 14.3. The van der Waals surface area contributed by atoms with Crippen LogP contribution in [0.5, 0.6) is 0 Å². The highest BCUT2D eigenvalue weighted by molar-refractivity contribution is 5.97. The zero-order chi connectivity index (χ0) is 47.4. The number of fused-ring (bicyclic) bond motifs is 6. The van der Waals surface area contributed by atoms with Gasteiger partial charge in [0, 0.05) is 74.8 Å². The predicted octanol–water partition coefficient (Wildman–Crippen LogP) is 6.10. The van der Waals surface area contributed by atoms with Crippen molar-refractivity contribution in [2.75, 3.05) is 40.4 Å². The van der Waals surface area contributed by atoms with Crippen LogP contribution >= 0.6 is 0 Å².